The predicted molar refractivity (Wildman–Crippen MR) is 115 cm³/mol. The molecule has 2 N–H and O–H groups in total. The summed E-state index contributed by atoms with van der Waals surface area (Å²) in [6, 6.07) is 18.3. The molecule has 0 aliphatic carbocycles. The smallest absolute Gasteiger partial charge is 0.194 e. The number of hydrogen-bond donors (Lipinski definition) is 2. The highest BCUT2D eigenvalue weighted by Gasteiger charge is 2.41. The third kappa shape index (κ3) is 4.89. The van der Waals surface area contributed by atoms with E-state index in [-0.39, 0.29) is 11.9 Å². The van der Waals surface area contributed by atoms with Crippen LogP contribution in [0.15, 0.2) is 59.6 Å². The summed E-state index contributed by atoms with van der Waals surface area (Å²) in [5, 5.41) is 12.9. The van der Waals surface area contributed by atoms with E-state index in [9.17, 15) is 5.11 Å². The van der Waals surface area contributed by atoms with Crippen LogP contribution in [0.3, 0.4) is 0 Å². The number of phenolic OH excluding ortho intramolecular Hbond substituents is 1. The average Bonchev–Trinajstić information content (AvgIpc) is 3.18. The van der Waals surface area contributed by atoms with Crippen molar-refractivity contribution in [2.75, 3.05) is 32.8 Å². The summed E-state index contributed by atoms with van der Waals surface area (Å²) in [5.74, 6) is 1.21. The first-order valence-electron chi connectivity index (χ1n) is 10.4. The zero-order valence-corrected chi connectivity index (χ0v) is 17.0. The summed E-state index contributed by atoms with van der Waals surface area (Å²) in [7, 11) is 0. The van der Waals surface area contributed by atoms with Crippen LogP contribution in [0.4, 0.5) is 0 Å². The van der Waals surface area contributed by atoms with Gasteiger partial charge in [-0.05, 0) is 30.2 Å². The summed E-state index contributed by atoms with van der Waals surface area (Å²) in [4.78, 5) is 9.71. The van der Waals surface area contributed by atoms with E-state index in [0.717, 1.165) is 50.9 Å². The van der Waals surface area contributed by atoms with Crippen LogP contribution in [0.2, 0.25) is 0 Å². The molecule has 6 nitrogen and oxygen atoms in total. The molecule has 2 fully saturated rings. The number of aromatic hydroxyl groups is 1. The number of guanidine groups is 1. The van der Waals surface area contributed by atoms with Gasteiger partial charge < -0.3 is 20.1 Å². The zero-order valence-electron chi connectivity index (χ0n) is 17.0. The molecule has 0 amide bonds. The zero-order chi connectivity index (χ0) is 20.1. The van der Waals surface area contributed by atoms with Crippen molar-refractivity contribution in [2.24, 2.45) is 4.99 Å². The van der Waals surface area contributed by atoms with Crippen LogP contribution in [0.5, 0.6) is 5.75 Å². The molecular formula is C23H30N4O2. The Balaban J connectivity index is 1.44. The van der Waals surface area contributed by atoms with Gasteiger partial charge >= 0.3 is 0 Å². The van der Waals surface area contributed by atoms with Gasteiger partial charge in [-0.2, -0.15) is 0 Å². The second kappa shape index (κ2) is 9.29. The van der Waals surface area contributed by atoms with Gasteiger partial charge in [-0.25, -0.2) is 4.99 Å². The number of nitrogens with zero attached hydrogens (tertiary/aromatic N) is 3. The van der Waals surface area contributed by atoms with E-state index in [0.29, 0.717) is 12.6 Å². The molecule has 2 atom stereocenters. The molecule has 29 heavy (non-hydrogen) atoms. The Bertz CT molecular complexity index is 809. The molecule has 2 aromatic rings. The van der Waals surface area contributed by atoms with Gasteiger partial charge in [-0.3, -0.25) is 4.90 Å². The maximum Gasteiger partial charge on any atom is 0.194 e. The van der Waals surface area contributed by atoms with Gasteiger partial charge in [0, 0.05) is 32.7 Å². The predicted octanol–water partition coefficient (Wildman–Crippen LogP) is 2.44. The summed E-state index contributed by atoms with van der Waals surface area (Å²) in [6.07, 6.45) is 0.213. The summed E-state index contributed by atoms with van der Waals surface area (Å²) < 4.78 is 6.11. The fraction of sp³-hybridized carbons (Fsp3) is 0.435. The molecule has 0 spiro atoms. The number of benzene rings is 2. The molecule has 0 aromatic heterocycles. The van der Waals surface area contributed by atoms with Crippen LogP contribution in [0.25, 0.3) is 0 Å². The second-order valence-electron chi connectivity index (χ2n) is 7.67. The maximum absolute atomic E-state index is 9.47. The Morgan fingerprint density at radius 3 is 2.66 bits per heavy atom. The standard InChI is InChI=1S/C23H30N4O2/c1-2-24-23(25-14-18-8-10-20(28)11-9-18)27-16-21-22(17-27)29-13-12-26(21)15-19-6-4-3-5-7-19/h3-11,21-22,28H,2,12-17H2,1H3,(H,24,25). The van der Waals surface area contributed by atoms with Crippen LogP contribution in [-0.4, -0.2) is 65.8 Å². The average molecular weight is 395 g/mol. The van der Waals surface area contributed by atoms with Crippen LogP contribution in [0.1, 0.15) is 18.1 Å². The maximum atomic E-state index is 9.47. The highest BCUT2D eigenvalue weighted by Crippen LogP contribution is 2.25. The van der Waals surface area contributed by atoms with Crippen molar-refractivity contribution < 1.29 is 9.84 Å². The van der Waals surface area contributed by atoms with Crippen molar-refractivity contribution >= 4 is 5.96 Å². The molecular weight excluding hydrogens is 364 g/mol. The van der Waals surface area contributed by atoms with Crippen molar-refractivity contribution in [2.45, 2.75) is 32.2 Å². The van der Waals surface area contributed by atoms with Crippen LogP contribution in [-0.2, 0) is 17.8 Å². The van der Waals surface area contributed by atoms with E-state index in [1.165, 1.54) is 5.56 Å². The van der Waals surface area contributed by atoms with Gasteiger partial charge in [-0.1, -0.05) is 42.5 Å². The van der Waals surface area contributed by atoms with Gasteiger partial charge in [0.15, 0.2) is 5.96 Å². The van der Waals surface area contributed by atoms with Gasteiger partial charge in [0.05, 0.1) is 25.3 Å². The van der Waals surface area contributed by atoms with Crippen molar-refractivity contribution in [1.82, 2.24) is 15.1 Å². The first-order chi connectivity index (χ1) is 14.2. The lowest BCUT2D eigenvalue weighted by Crippen LogP contribution is -2.50. The highest BCUT2D eigenvalue weighted by atomic mass is 16.5. The quantitative estimate of drug-likeness (QED) is 0.603. The summed E-state index contributed by atoms with van der Waals surface area (Å²) >= 11 is 0. The number of likely N-dealkylation sites (tertiary alicyclic amines) is 1. The van der Waals surface area contributed by atoms with E-state index < -0.39 is 0 Å². The third-order valence-corrected chi connectivity index (χ3v) is 5.63. The summed E-state index contributed by atoms with van der Waals surface area (Å²) in [5.41, 5.74) is 2.43. The number of phenols is 1. The van der Waals surface area contributed by atoms with Crippen LogP contribution < -0.4 is 5.32 Å². The number of hydrogen-bond acceptors (Lipinski definition) is 4. The Labute approximate surface area is 172 Å². The fourth-order valence-electron chi connectivity index (χ4n) is 4.14. The van der Waals surface area contributed by atoms with Gasteiger partial charge in [0.1, 0.15) is 5.75 Å². The van der Waals surface area contributed by atoms with Gasteiger partial charge in [-0.15, -0.1) is 0 Å². The number of ether oxygens (including phenoxy) is 1. The van der Waals surface area contributed by atoms with Gasteiger partial charge in [0.2, 0.25) is 0 Å². The minimum atomic E-state index is 0.213. The lowest BCUT2D eigenvalue weighted by Gasteiger charge is -2.36. The van der Waals surface area contributed by atoms with Crippen molar-refractivity contribution in [3.8, 4) is 5.75 Å². The number of aliphatic imine (C=N–C) groups is 1. The Morgan fingerprint density at radius 2 is 1.90 bits per heavy atom. The SMILES string of the molecule is CCNC(=NCc1ccc(O)cc1)N1CC2OCCN(Cc3ccccc3)C2C1. The minimum absolute atomic E-state index is 0.213. The molecule has 6 heteroatoms. The Kier molecular flexibility index (Phi) is 6.32. The van der Waals surface area contributed by atoms with E-state index in [2.05, 4.69) is 52.4 Å². The largest absolute Gasteiger partial charge is 0.508 e. The minimum Gasteiger partial charge on any atom is -0.508 e. The first kappa shape index (κ1) is 19.7. The monoisotopic (exact) mass is 394 g/mol. The van der Waals surface area contributed by atoms with Crippen molar-refractivity contribution in [3.63, 3.8) is 0 Å². The molecule has 2 aliphatic rings. The Hall–Kier alpha value is -2.57. The molecule has 2 aromatic carbocycles. The normalized spacial score (nSPS) is 22.5. The number of morpholine rings is 1. The fourth-order valence-corrected chi connectivity index (χ4v) is 4.14. The molecule has 154 valence electrons. The molecule has 2 saturated heterocycles. The second-order valence-corrected chi connectivity index (χ2v) is 7.67. The van der Waals surface area contributed by atoms with Gasteiger partial charge in [0.25, 0.3) is 0 Å². The lowest BCUT2D eigenvalue weighted by molar-refractivity contribution is -0.0502. The molecule has 0 radical (unpaired) electrons. The van der Waals surface area contributed by atoms with E-state index in [4.69, 9.17) is 9.73 Å². The molecule has 2 aliphatic heterocycles. The van der Waals surface area contributed by atoms with E-state index >= 15 is 0 Å². The molecule has 2 unspecified atom stereocenters. The summed E-state index contributed by atoms with van der Waals surface area (Å²) in [6.45, 7) is 7.99. The highest BCUT2D eigenvalue weighted by molar-refractivity contribution is 5.80. The van der Waals surface area contributed by atoms with Crippen LogP contribution in [0, 0.1) is 0 Å². The third-order valence-electron chi connectivity index (χ3n) is 5.63. The van der Waals surface area contributed by atoms with Crippen molar-refractivity contribution in [3.05, 3.63) is 65.7 Å². The van der Waals surface area contributed by atoms with Crippen molar-refractivity contribution in [1.29, 1.82) is 0 Å². The molecule has 4 rings (SSSR count). The van der Waals surface area contributed by atoms with Crippen LogP contribution >= 0.6 is 0 Å². The number of rotatable bonds is 5. The topological polar surface area (TPSA) is 60.3 Å². The van der Waals surface area contributed by atoms with E-state index in [1.54, 1.807) is 12.1 Å². The molecule has 0 saturated carbocycles. The number of nitrogens with one attached hydrogen (secondary N) is 1. The lowest BCUT2D eigenvalue weighted by atomic mass is 10.1. The Morgan fingerprint density at radius 1 is 1.10 bits per heavy atom. The first-order valence-corrected chi connectivity index (χ1v) is 10.4. The number of fused-ring (bicyclic) bond motifs is 1. The van der Waals surface area contributed by atoms with E-state index in [1.807, 2.05) is 12.1 Å². The molecule has 2 heterocycles. The molecule has 0 bridgehead atoms.